The maximum Gasteiger partial charge on any atom is 0.410 e. The number of amides is 1. The van der Waals surface area contributed by atoms with Gasteiger partial charge in [-0.15, -0.1) is 0 Å². The topological polar surface area (TPSA) is 132 Å². The van der Waals surface area contributed by atoms with Gasteiger partial charge in [-0.3, -0.25) is 9.69 Å². The van der Waals surface area contributed by atoms with Crippen LogP contribution in [0.3, 0.4) is 0 Å². The number of hydrogen-bond donors (Lipinski definition) is 2. The molecule has 276 valence electrons. The number of carbonyl (C=O) groups excluding carboxylic acids is 2. The van der Waals surface area contributed by atoms with Crippen molar-refractivity contribution in [2.75, 3.05) is 19.8 Å². The molecular weight excluding hydrogens is 658 g/mol. The van der Waals surface area contributed by atoms with Crippen LogP contribution in [0.2, 0.25) is 0 Å². The van der Waals surface area contributed by atoms with Crippen LogP contribution in [0.25, 0.3) is 33.6 Å². The number of aromatic amines is 2. The molecule has 7 rings (SSSR count). The number of rotatable bonds is 8. The van der Waals surface area contributed by atoms with Crippen molar-refractivity contribution in [2.24, 2.45) is 5.92 Å². The van der Waals surface area contributed by atoms with Gasteiger partial charge in [0.05, 0.1) is 42.8 Å². The smallest absolute Gasteiger partial charge is 0.410 e. The van der Waals surface area contributed by atoms with Crippen LogP contribution in [-0.4, -0.2) is 74.1 Å². The number of likely N-dealkylation sites (tertiary alicyclic amines) is 1. The van der Waals surface area contributed by atoms with Crippen LogP contribution in [-0.2, 0) is 30.2 Å². The van der Waals surface area contributed by atoms with E-state index < -0.39 is 11.2 Å². The molecule has 2 aliphatic heterocycles. The Morgan fingerprint density at radius 2 is 1.42 bits per heavy atom. The fourth-order valence-electron chi connectivity index (χ4n) is 7.54. The van der Waals surface area contributed by atoms with Crippen molar-refractivity contribution in [1.29, 1.82) is 0 Å². The highest BCUT2D eigenvalue weighted by molar-refractivity contribution is 5.75. The fraction of sp³-hybridized carbons (Fsp3) is 0.512. The number of benzene rings is 2. The third-order valence-electron chi connectivity index (χ3n) is 9.91. The van der Waals surface area contributed by atoms with E-state index >= 15 is 0 Å². The van der Waals surface area contributed by atoms with Gasteiger partial charge in [-0.1, -0.05) is 55.0 Å². The second kappa shape index (κ2) is 14.5. The van der Waals surface area contributed by atoms with Crippen LogP contribution in [0.15, 0.2) is 54.7 Å². The van der Waals surface area contributed by atoms with E-state index in [1.54, 1.807) is 4.90 Å². The molecule has 4 aromatic rings. The Morgan fingerprint density at radius 3 is 2.08 bits per heavy atom. The summed E-state index contributed by atoms with van der Waals surface area (Å²) in [6.07, 6.45) is 6.14. The first kappa shape index (κ1) is 35.9. The lowest BCUT2D eigenvalue weighted by atomic mass is 9.95. The number of nitrogens with zero attached hydrogens (tertiary/aromatic N) is 3. The van der Waals surface area contributed by atoms with Crippen LogP contribution in [0.1, 0.15) is 103 Å². The van der Waals surface area contributed by atoms with Crippen molar-refractivity contribution in [3.63, 3.8) is 0 Å². The average Bonchev–Trinajstić information content (AvgIpc) is 3.93. The minimum Gasteiger partial charge on any atom is -0.460 e. The number of imidazole rings is 2. The van der Waals surface area contributed by atoms with Crippen molar-refractivity contribution in [3.8, 4) is 33.6 Å². The van der Waals surface area contributed by atoms with Crippen molar-refractivity contribution >= 4 is 12.1 Å². The normalized spacial score (nSPS) is 21.2. The Labute approximate surface area is 305 Å². The molecule has 0 spiro atoms. The first-order chi connectivity index (χ1) is 24.8. The zero-order valence-electron chi connectivity index (χ0n) is 31.2. The quantitative estimate of drug-likeness (QED) is 0.175. The zero-order valence-corrected chi connectivity index (χ0v) is 31.2. The molecule has 0 radical (unpaired) electrons. The summed E-state index contributed by atoms with van der Waals surface area (Å²) in [7, 11) is 0. The summed E-state index contributed by atoms with van der Waals surface area (Å²) < 4.78 is 23.0. The molecule has 2 aromatic carbocycles. The van der Waals surface area contributed by atoms with E-state index in [0.29, 0.717) is 26.2 Å². The lowest BCUT2D eigenvalue weighted by molar-refractivity contribution is -0.160. The van der Waals surface area contributed by atoms with Crippen molar-refractivity contribution in [1.82, 2.24) is 24.8 Å². The highest BCUT2D eigenvalue weighted by Crippen LogP contribution is 2.41. The second-order valence-corrected chi connectivity index (χ2v) is 16.2. The Morgan fingerprint density at radius 1 is 0.788 bits per heavy atom. The summed E-state index contributed by atoms with van der Waals surface area (Å²) in [6.45, 7) is 13.2. The van der Waals surface area contributed by atoms with E-state index in [-0.39, 0.29) is 36.2 Å². The lowest BCUT2D eigenvalue weighted by Crippen LogP contribution is -2.36. The Balaban J connectivity index is 1.07. The van der Waals surface area contributed by atoms with E-state index in [0.717, 1.165) is 83.1 Å². The summed E-state index contributed by atoms with van der Waals surface area (Å²) in [5.74, 6) is 1.19. The first-order valence-corrected chi connectivity index (χ1v) is 18.6. The van der Waals surface area contributed by atoms with Crippen LogP contribution >= 0.6 is 0 Å². The highest BCUT2D eigenvalue weighted by atomic mass is 16.7. The van der Waals surface area contributed by atoms with Crippen molar-refractivity contribution in [2.45, 2.75) is 110 Å². The molecule has 1 aliphatic carbocycles. The molecule has 3 fully saturated rings. The third-order valence-corrected chi connectivity index (χ3v) is 9.91. The number of ether oxygens (including phenoxy) is 4. The molecular formula is C41H51N5O6. The van der Waals surface area contributed by atoms with Gasteiger partial charge in [0, 0.05) is 30.1 Å². The minimum absolute atomic E-state index is 0.0291. The van der Waals surface area contributed by atoms with Crippen molar-refractivity contribution < 1.29 is 28.5 Å². The molecule has 3 aliphatic rings. The molecule has 1 saturated carbocycles. The van der Waals surface area contributed by atoms with E-state index in [2.05, 4.69) is 63.5 Å². The van der Waals surface area contributed by atoms with E-state index in [1.165, 1.54) is 0 Å². The van der Waals surface area contributed by atoms with Crippen LogP contribution in [0, 0.1) is 5.92 Å². The summed E-state index contributed by atoms with van der Waals surface area (Å²) in [4.78, 5) is 44.6. The summed E-state index contributed by atoms with van der Waals surface area (Å²) >= 11 is 0. The monoisotopic (exact) mass is 709 g/mol. The minimum atomic E-state index is -0.546. The van der Waals surface area contributed by atoms with Gasteiger partial charge < -0.3 is 28.9 Å². The predicted octanol–water partition coefficient (Wildman–Crippen LogP) is 8.35. The van der Waals surface area contributed by atoms with Gasteiger partial charge in [0.25, 0.3) is 0 Å². The molecule has 3 atom stereocenters. The first-order valence-electron chi connectivity index (χ1n) is 18.6. The second-order valence-electron chi connectivity index (χ2n) is 16.2. The van der Waals surface area contributed by atoms with Gasteiger partial charge in [0.15, 0.2) is 6.29 Å². The van der Waals surface area contributed by atoms with Gasteiger partial charge in [0.1, 0.15) is 22.9 Å². The molecule has 2 N–H and O–H groups in total. The maximum absolute atomic E-state index is 13.2. The zero-order chi connectivity index (χ0) is 36.6. The van der Waals surface area contributed by atoms with Crippen LogP contribution < -0.4 is 0 Å². The largest absolute Gasteiger partial charge is 0.460 e. The Hall–Kier alpha value is -4.48. The predicted molar refractivity (Wildman–Crippen MR) is 197 cm³/mol. The SMILES string of the molecule is CC(C)(C)OC(=O)C1CCC[C@H]1c1nc(-c2ccc(-c3ccc(-c4cnc([C@@H]5CCCN5C(=O)OC(C)(C)C)[nH]4)cc3)cc2)c(CC2OCCO2)[nH]1. The summed E-state index contributed by atoms with van der Waals surface area (Å²) in [6, 6.07) is 16.7. The van der Waals surface area contributed by atoms with Gasteiger partial charge in [-0.05, 0) is 83.9 Å². The summed E-state index contributed by atoms with van der Waals surface area (Å²) in [5, 5.41) is 0. The molecule has 2 aromatic heterocycles. The Kier molecular flexibility index (Phi) is 10.0. The molecule has 11 heteroatoms. The van der Waals surface area contributed by atoms with Gasteiger partial charge >= 0.3 is 12.1 Å². The number of H-pyrrole nitrogens is 2. The van der Waals surface area contributed by atoms with Crippen LogP contribution in [0.5, 0.6) is 0 Å². The summed E-state index contributed by atoms with van der Waals surface area (Å²) in [5.41, 5.74) is 5.80. The molecule has 0 bridgehead atoms. The van der Waals surface area contributed by atoms with E-state index in [4.69, 9.17) is 23.9 Å². The molecule has 1 amide bonds. The number of hydrogen-bond acceptors (Lipinski definition) is 8. The van der Waals surface area contributed by atoms with Gasteiger partial charge in [-0.25, -0.2) is 14.8 Å². The Bertz CT molecular complexity index is 1860. The van der Waals surface area contributed by atoms with Crippen molar-refractivity contribution in [3.05, 3.63) is 72.1 Å². The van der Waals surface area contributed by atoms with Gasteiger partial charge in [-0.2, -0.15) is 0 Å². The highest BCUT2D eigenvalue weighted by Gasteiger charge is 2.39. The van der Waals surface area contributed by atoms with E-state index in [9.17, 15) is 9.59 Å². The number of carbonyl (C=O) groups is 2. The van der Waals surface area contributed by atoms with Gasteiger partial charge in [0.2, 0.25) is 0 Å². The van der Waals surface area contributed by atoms with E-state index in [1.807, 2.05) is 47.7 Å². The standard InChI is InChI=1S/C41H51N5O6/c1-40(2,3)51-38(47)30-10-7-9-29(30)36-43-31(23-34-49-21-22-50-34)35(45-36)28-18-14-26(15-19-28)25-12-16-27(17-13-25)32-24-42-37(44-32)33-11-8-20-46(33)39(48)52-41(4,5)6/h12-19,24,29-30,33-34H,7-11,20-23H2,1-6H3,(H,42,44)(H,43,45)/t29-,30?,33+/m1/s1. The molecule has 1 unspecified atom stereocenters. The maximum atomic E-state index is 13.2. The number of aromatic nitrogens is 4. The number of esters is 1. The third kappa shape index (κ3) is 8.10. The fourth-order valence-corrected chi connectivity index (χ4v) is 7.54. The molecule has 52 heavy (non-hydrogen) atoms. The molecule has 2 saturated heterocycles. The lowest BCUT2D eigenvalue weighted by Gasteiger charge is -2.27. The average molecular weight is 710 g/mol. The number of nitrogens with one attached hydrogen (secondary N) is 2. The van der Waals surface area contributed by atoms with Crippen LogP contribution in [0.4, 0.5) is 4.79 Å². The molecule has 4 heterocycles. The molecule has 11 nitrogen and oxygen atoms in total.